The number of aliphatic hydroxyl groups excluding tert-OH is 1. The molecule has 0 bridgehead atoms. The van der Waals surface area contributed by atoms with Gasteiger partial charge in [0.25, 0.3) is 11.5 Å². The van der Waals surface area contributed by atoms with E-state index in [4.69, 9.17) is 14.6 Å². The van der Waals surface area contributed by atoms with Gasteiger partial charge >= 0.3 is 16.2 Å². The lowest BCUT2D eigenvalue weighted by molar-refractivity contribution is -0.120. The molecule has 23 heteroatoms. The van der Waals surface area contributed by atoms with E-state index in [1.54, 1.807) is 18.0 Å². The zero-order valence-corrected chi connectivity index (χ0v) is 37.2. The van der Waals surface area contributed by atoms with Crippen LogP contribution >= 0.6 is 0 Å². The number of hydrogen-bond donors (Lipinski definition) is 3. The molecule has 1 aliphatic carbocycles. The van der Waals surface area contributed by atoms with Crippen molar-refractivity contribution in [2.75, 3.05) is 56.1 Å². The molecule has 1 unspecified atom stereocenters. The number of urea groups is 1. The number of ether oxygens (including phenoxy) is 2. The number of carbonyl (C=O) groups excluding carboxylic acids is 2. The summed E-state index contributed by atoms with van der Waals surface area (Å²) in [6.07, 6.45) is 4.19. The number of benzene rings is 3. The van der Waals surface area contributed by atoms with Crippen molar-refractivity contribution in [3.8, 4) is 17.6 Å². The van der Waals surface area contributed by atoms with Gasteiger partial charge in [0.1, 0.15) is 23.2 Å². The normalized spacial score (nSPS) is 23.6. The van der Waals surface area contributed by atoms with Gasteiger partial charge in [-0.1, -0.05) is 0 Å². The number of hydrogen-bond acceptors (Lipinski definition) is 12. The van der Waals surface area contributed by atoms with Crippen molar-refractivity contribution >= 4 is 55.5 Å². The second kappa shape index (κ2) is 17.5. The number of nitriles is 1. The molecule has 3 saturated heterocycles. The van der Waals surface area contributed by atoms with E-state index in [0.29, 0.717) is 49.7 Å². The number of aromatic nitrogens is 4. The van der Waals surface area contributed by atoms with E-state index >= 15 is 17.6 Å². The molecule has 9 rings (SSSR count). The van der Waals surface area contributed by atoms with Crippen molar-refractivity contribution < 1.29 is 50.1 Å². The fraction of sp³-hybridized carbons (Fsp3) is 0.455. The Kier molecular flexibility index (Phi) is 12.0. The van der Waals surface area contributed by atoms with Gasteiger partial charge in [-0.2, -0.15) is 23.1 Å². The molecule has 67 heavy (non-hydrogen) atoms. The number of carbonyl (C=O) groups is 2. The summed E-state index contributed by atoms with van der Waals surface area (Å²) in [5.41, 5.74) is -1.19. The number of nitrogens with one attached hydrogen (secondary N) is 2. The molecule has 3 amide bonds. The number of nitrogens with zero attached hydrogens (tertiary/aromatic N) is 8. The first kappa shape index (κ1) is 45.9. The van der Waals surface area contributed by atoms with Gasteiger partial charge in [-0.25, -0.2) is 27.3 Å². The number of likely N-dealkylation sites (tertiary alicyclic amines) is 1. The summed E-state index contributed by atoms with van der Waals surface area (Å²) in [4.78, 5) is 45.7. The number of fused-ring (bicyclic) bond motifs is 2. The van der Waals surface area contributed by atoms with E-state index in [1.807, 2.05) is 0 Å². The van der Waals surface area contributed by atoms with E-state index < -0.39 is 87.3 Å². The largest absolute Gasteiger partial charge is 0.453 e. The van der Waals surface area contributed by atoms with Crippen molar-refractivity contribution in [3.63, 3.8) is 0 Å². The maximum atomic E-state index is 16.2. The van der Waals surface area contributed by atoms with Crippen molar-refractivity contribution in [1.29, 1.82) is 5.26 Å². The predicted molar refractivity (Wildman–Crippen MR) is 234 cm³/mol. The molecular formula is C44H46F4N10O8S. The first-order chi connectivity index (χ1) is 31.9. The maximum absolute atomic E-state index is 16.2. The lowest BCUT2D eigenvalue weighted by Gasteiger charge is -2.46. The van der Waals surface area contributed by atoms with Crippen molar-refractivity contribution in [1.82, 2.24) is 33.9 Å². The van der Waals surface area contributed by atoms with E-state index in [0.717, 1.165) is 22.5 Å². The minimum atomic E-state index is -4.23. The van der Waals surface area contributed by atoms with Gasteiger partial charge in [-0.15, -0.1) is 0 Å². The van der Waals surface area contributed by atoms with Gasteiger partial charge in [0.15, 0.2) is 17.4 Å². The standard InChI is InChI=1S/C44H46F4N10O8S/c1-54(15-16-59)67(63,64)53-36-6-4-33(45)39(31(36)21-49)66-27-3-5-35-29(17-27)41(61)58(24-50-35)26-20-43(65-22-26)11-7-25(8-12-43)56-13-9-32(44(47,48)23-56)28-19-37-30(18-34(28)46)40(52-55(37)2)57-14-10-38(60)51-42(57)62/h3-6,17-19,24-26,32,53,59H,7-16,20,22-23H2,1-2H3,(H,51,60,62)/t25?,26-,32?,43?/m1/s1. The van der Waals surface area contributed by atoms with Crippen LogP contribution in [-0.4, -0.2) is 118 Å². The number of rotatable bonds is 11. The van der Waals surface area contributed by atoms with Crippen molar-refractivity contribution in [2.45, 2.75) is 74.5 Å². The Morgan fingerprint density at radius 1 is 1.04 bits per heavy atom. The number of alkyl halides is 2. The van der Waals surface area contributed by atoms with Crippen LogP contribution in [0.2, 0.25) is 0 Å². The van der Waals surface area contributed by atoms with E-state index in [9.17, 15) is 28.1 Å². The molecule has 2 atom stereocenters. The van der Waals surface area contributed by atoms with Gasteiger partial charge in [0.05, 0.1) is 65.8 Å². The Morgan fingerprint density at radius 2 is 1.82 bits per heavy atom. The molecule has 354 valence electrons. The highest BCUT2D eigenvalue weighted by Gasteiger charge is 2.50. The molecule has 5 aromatic rings. The Labute approximate surface area is 380 Å². The van der Waals surface area contributed by atoms with Crippen LogP contribution < -0.4 is 25.2 Å². The molecule has 1 spiro atoms. The number of halogens is 4. The molecule has 0 radical (unpaired) electrons. The molecule has 2 aromatic heterocycles. The van der Waals surface area contributed by atoms with Crippen LogP contribution in [0.5, 0.6) is 11.5 Å². The summed E-state index contributed by atoms with van der Waals surface area (Å²) < 4.78 is 107. The molecule has 4 fully saturated rings. The molecule has 18 nitrogen and oxygen atoms in total. The van der Waals surface area contributed by atoms with Crippen molar-refractivity contribution in [3.05, 3.63) is 81.9 Å². The molecule has 4 aliphatic rings. The van der Waals surface area contributed by atoms with E-state index in [2.05, 4.69) is 20.1 Å². The summed E-state index contributed by atoms with van der Waals surface area (Å²) in [5.74, 6) is -7.36. The minimum absolute atomic E-state index is 0.00785. The van der Waals surface area contributed by atoms with E-state index in [-0.39, 0.29) is 72.2 Å². The quantitative estimate of drug-likeness (QED) is 0.149. The van der Waals surface area contributed by atoms with Gasteiger partial charge in [-0.05, 0) is 93.1 Å². The van der Waals surface area contributed by atoms with Crippen LogP contribution in [0.1, 0.15) is 68.0 Å². The van der Waals surface area contributed by atoms with E-state index in [1.165, 1.54) is 51.8 Å². The zero-order valence-electron chi connectivity index (χ0n) is 36.3. The Hall–Kier alpha value is -6.19. The molecule has 3 N–H and O–H groups in total. The number of aryl methyl sites for hydroxylation is 1. The van der Waals surface area contributed by atoms with Crippen LogP contribution in [0.3, 0.4) is 0 Å². The SMILES string of the molecule is CN(CCO)S(=O)(=O)Nc1ccc(F)c(Oc2ccc3ncn([C@H]4COC5(CCC(N6CCC(c7cc8c(cc7F)c(N7CCC(=O)NC7=O)nn8C)C(F)(F)C6)CC5)C4)c(=O)c3c2)c1C#N. The molecule has 3 aliphatic heterocycles. The molecular weight excluding hydrogens is 905 g/mol. The minimum Gasteiger partial charge on any atom is -0.453 e. The number of amides is 3. The average Bonchev–Trinajstić information content (AvgIpc) is 3.84. The van der Waals surface area contributed by atoms with Gasteiger partial charge in [-0.3, -0.25) is 38.7 Å². The van der Waals surface area contributed by atoms with Crippen LogP contribution in [0.25, 0.3) is 21.8 Å². The number of imide groups is 1. The summed E-state index contributed by atoms with van der Waals surface area (Å²) in [5, 5.41) is 26.1. The first-order valence-electron chi connectivity index (χ1n) is 21.7. The summed E-state index contributed by atoms with van der Waals surface area (Å²) in [6.45, 7) is -0.687. The number of anilines is 2. The molecule has 5 heterocycles. The summed E-state index contributed by atoms with van der Waals surface area (Å²) >= 11 is 0. The fourth-order valence-corrected chi connectivity index (χ4v) is 10.8. The maximum Gasteiger partial charge on any atom is 0.329 e. The zero-order chi connectivity index (χ0) is 47.6. The van der Waals surface area contributed by atoms with Crippen LogP contribution in [0.4, 0.5) is 33.9 Å². The van der Waals surface area contributed by atoms with Crippen LogP contribution in [0, 0.1) is 23.0 Å². The Balaban J connectivity index is 0.854. The monoisotopic (exact) mass is 950 g/mol. The van der Waals surface area contributed by atoms with Crippen molar-refractivity contribution in [2.24, 2.45) is 7.05 Å². The lowest BCUT2D eigenvalue weighted by atomic mass is 9.78. The number of likely N-dealkylation sites (N-methyl/N-ethyl adjacent to an activating group) is 1. The van der Waals surface area contributed by atoms with Crippen LogP contribution in [0.15, 0.2) is 53.6 Å². The molecule has 1 saturated carbocycles. The van der Waals surface area contributed by atoms with Gasteiger partial charge < -0.3 is 14.6 Å². The summed E-state index contributed by atoms with van der Waals surface area (Å²) in [7, 11) is -1.43. The number of piperidine rings is 1. The third-order valence-corrected chi connectivity index (χ3v) is 15.0. The second-order valence-electron chi connectivity index (χ2n) is 17.6. The highest BCUT2D eigenvalue weighted by atomic mass is 32.2. The van der Waals surface area contributed by atoms with Gasteiger partial charge in [0.2, 0.25) is 5.91 Å². The highest BCUT2D eigenvalue weighted by Crippen LogP contribution is 2.48. The predicted octanol–water partition coefficient (Wildman–Crippen LogP) is 5.02. The highest BCUT2D eigenvalue weighted by molar-refractivity contribution is 7.90. The second-order valence-corrected chi connectivity index (χ2v) is 19.3. The average molecular weight is 951 g/mol. The first-order valence-corrected chi connectivity index (χ1v) is 23.1. The number of aliphatic hydroxyl groups is 1. The Bertz CT molecular complexity index is 3030. The van der Waals surface area contributed by atoms with Gasteiger partial charge in [0, 0.05) is 45.0 Å². The summed E-state index contributed by atoms with van der Waals surface area (Å²) in [6, 6.07) is 9.29. The van der Waals surface area contributed by atoms with Crippen LogP contribution in [-0.2, 0) is 26.8 Å². The topological polar surface area (TPSA) is 217 Å². The third kappa shape index (κ3) is 8.56. The third-order valence-electron chi connectivity index (χ3n) is 13.5. The molecule has 3 aromatic carbocycles. The fourth-order valence-electron chi connectivity index (χ4n) is 9.90. The smallest absolute Gasteiger partial charge is 0.329 e. The lowest BCUT2D eigenvalue weighted by Crippen LogP contribution is -2.53. The Morgan fingerprint density at radius 3 is 2.54 bits per heavy atom.